The number of benzene rings is 3. The molecule has 1 aliphatic rings. The molecule has 0 amide bonds. The Balaban J connectivity index is 2.22. The lowest BCUT2D eigenvalue weighted by Gasteiger charge is -2.10. The van der Waals surface area contributed by atoms with Crippen LogP contribution in [0.4, 0.5) is 17.1 Å². The van der Waals surface area contributed by atoms with Crippen molar-refractivity contribution in [3.63, 3.8) is 0 Å². The summed E-state index contributed by atoms with van der Waals surface area (Å²) in [7, 11) is 0. The number of nitro benzene ring substituents is 3. The third-order valence-electron chi connectivity index (χ3n) is 5.28. The van der Waals surface area contributed by atoms with Crippen molar-refractivity contribution >= 4 is 28.3 Å². The minimum atomic E-state index is -0.748. The van der Waals surface area contributed by atoms with Gasteiger partial charge in [0, 0.05) is 18.2 Å². The Morgan fingerprint density at radius 3 is 2.06 bits per heavy atom. The number of fused-ring (bicyclic) bond motifs is 3. The normalized spacial score (nSPS) is 13.0. The number of nitrogens with zero attached hydrogens (tertiary/aromatic N) is 4. The van der Waals surface area contributed by atoms with E-state index in [4.69, 9.17) is 6.57 Å². The largest absolute Gasteiger partial charge is 0.284 e. The van der Waals surface area contributed by atoms with Gasteiger partial charge in [0.25, 0.3) is 17.1 Å². The molecule has 0 spiro atoms. The molecule has 10 heteroatoms. The van der Waals surface area contributed by atoms with Gasteiger partial charge in [0.05, 0.1) is 33.0 Å². The Morgan fingerprint density at radius 2 is 1.47 bits per heavy atom. The van der Waals surface area contributed by atoms with E-state index in [1.807, 2.05) is 0 Å². The second kappa shape index (κ2) is 7.41. The van der Waals surface area contributed by atoms with Crippen LogP contribution in [-0.4, -0.2) is 14.8 Å². The molecular weight excluding hydrogens is 416 g/mol. The molecule has 0 saturated heterocycles. The highest BCUT2D eigenvalue weighted by molar-refractivity contribution is 6.14. The smallest absolute Gasteiger partial charge is 0.258 e. The second-order valence-electron chi connectivity index (χ2n) is 7.04. The van der Waals surface area contributed by atoms with Crippen molar-refractivity contribution in [3.8, 4) is 11.1 Å². The second-order valence-corrected chi connectivity index (χ2v) is 7.04. The van der Waals surface area contributed by atoms with Gasteiger partial charge in [0.15, 0.2) is 0 Å². The minimum Gasteiger partial charge on any atom is -0.258 e. The number of aryl methyl sites for hydroxylation is 1. The highest BCUT2D eigenvalue weighted by Gasteiger charge is 2.36. The van der Waals surface area contributed by atoms with Crippen LogP contribution >= 0.6 is 0 Å². The van der Waals surface area contributed by atoms with Crippen LogP contribution in [0.1, 0.15) is 22.3 Å². The van der Waals surface area contributed by atoms with Gasteiger partial charge in [-0.2, -0.15) is 0 Å². The summed E-state index contributed by atoms with van der Waals surface area (Å²) >= 11 is 0. The van der Waals surface area contributed by atoms with E-state index in [2.05, 4.69) is 4.85 Å². The van der Waals surface area contributed by atoms with E-state index in [0.717, 1.165) is 11.6 Å². The molecule has 0 N–H and O–H groups in total. The van der Waals surface area contributed by atoms with Crippen LogP contribution in [0.3, 0.4) is 0 Å². The maximum Gasteiger partial charge on any atom is 0.284 e. The predicted molar refractivity (Wildman–Crippen MR) is 116 cm³/mol. The molecule has 4 rings (SSSR count). The zero-order valence-electron chi connectivity index (χ0n) is 16.4. The van der Waals surface area contributed by atoms with Gasteiger partial charge in [-0.25, -0.2) is 4.85 Å². The first-order valence-corrected chi connectivity index (χ1v) is 9.18. The fourth-order valence-electron chi connectivity index (χ4n) is 3.90. The van der Waals surface area contributed by atoms with Crippen LogP contribution < -0.4 is 0 Å². The lowest BCUT2D eigenvalue weighted by Crippen LogP contribution is -1.97. The molecular formula is C22H12N4O6. The lowest BCUT2D eigenvalue weighted by molar-refractivity contribution is -0.393. The molecule has 32 heavy (non-hydrogen) atoms. The standard InChI is InChI=1S/C22H12N4O6/c1-12-5-3-4-6-15(12)22(23-2)21-17-9-13(24(27)28)7-8-16(17)20-18(21)10-14(25(29)30)11-19(20)26(31)32/h3-11H,1H3/b22-21+. The molecule has 10 nitrogen and oxygen atoms in total. The highest BCUT2D eigenvalue weighted by atomic mass is 16.6. The van der Waals surface area contributed by atoms with Crippen LogP contribution in [0.2, 0.25) is 0 Å². The van der Waals surface area contributed by atoms with E-state index in [1.165, 1.54) is 24.3 Å². The quantitative estimate of drug-likeness (QED) is 0.238. The first-order valence-electron chi connectivity index (χ1n) is 9.18. The zero-order valence-corrected chi connectivity index (χ0v) is 16.4. The van der Waals surface area contributed by atoms with E-state index in [-0.39, 0.29) is 33.6 Å². The SMILES string of the molecule is [C-]#[N+]/C(=C1\c2cc([N+](=O)[O-])ccc2-c2c1cc([N+](=O)[O-])cc2[N+](=O)[O-])c1ccccc1C. The van der Waals surface area contributed by atoms with Gasteiger partial charge < -0.3 is 0 Å². The highest BCUT2D eigenvalue weighted by Crippen LogP contribution is 2.53. The first-order chi connectivity index (χ1) is 15.2. The van der Waals surface area contributed by atoms with Crippen LogP contribution in [0.15, 0.2) is 54.6 Å². The molecule has 3 aromatic rings. The fourth-order valence-corrected chi connectivity index (χ4v) is 3.90. The van der Waals surface area contributed by atoms with E-state index in [9.17, 15) is 30.3 Å². The minimum absolute atomic E-state index is 0.0928. The van der Waals surface area contributed by atoms with E-state index in [1.54, 1.807) is 31.2 Å². The van der Waals surface area contributed by atoms with Crippen molar-refractivity contribution in [3.05, 3.63) is 119 Å². The van der Waals surface area contributed by atoms with Crippen LogP contribution in [0.5, 0.6) is 0 Å². The van der Waals surface area contributed by atoms with Crippen molar-refractivity contribution in [1.82, 2.24) is 0 Å². The summed E-state index contributed by atoms with van der Waals surface area (Å²) in [4.78, 5) is 36.2. The lowest BCUT2D eigenvalue weighted by atomic mass is 9.95. The van der Waals surface area contributed by atoms with Gasteiger partial charge >= 0.3 is 0 Å². The van der Waals surface area contributed by atoms with Gasteiger partial charge in [-0.3, -0.25) is 30.3 Å². The summed E-state index contributed by atoms with van der Waals surface area (Å²) in [5, 5.41) is 34.7. The third kappa shape index (κ3) is 3.05. The number of hydrogen-bond acceptors (Lipinski definition) is 6. The predicted octanol–water partition coefficient (Wildman–Crippen LogP) is 5.54. The summed E-state index contributed by atoms with van der Waals surface area (Å²) < 4.78 is 0. The Bertz CT molecular complexity index is 1430. The van der Waals surface area contributed by atoms with E-state index in [0.29, 0.717) is 11.1 Å². The molecule has 0 atom stereocenters. The Hall–Kier alpha value is -4.91. The Kier molecular flexibility index (Phi) is 4.71. The van der Waals surface area contributed by atoms with Gasteiger partial charge in [-0.1, -0.05) is 29.8 Å². The molecule has 0 aliphatic heterocycles. The van der Waals surface area contributed by atoms with E-state index >= 15 is 0 Å². The van der Waals surface area contributed by atoms with Gasteiger partial charge in [-0.15, -0.1) is 0 Å². The molecule has 3 aromatic carbocycles. The molecule has 0 bridgehead atoms. The van der Waals surface area contributed by atoms with Crippen molar-refractivity contribution in [2.45, 2.75) is 6.92 Å². The van der Waals surface area contributed by atoms with Crippen molar-refractivity contribution in [2.75, 3.05) is 0 Å². The molecule has 0 fully saturated rings. The number of hydrogen-bond donors (Lipinski definition) is 0. The Labute approximate surface area is 180 Å². The molecule has 0 unspecified atom stereocenters. The van der Waals surface area contributed by atoms with Crippen LogP contribution in [0.25, 0.3) is 27.2 Å². The molecule has 0 saturated carbocycles. The number of nitro groups is 3. The summed E-state index contributed by atoms with van der Waals surface area (Å²) in [5.74, 6) is 0. The topological polar surface area (TPSA) is 134 Å². The van der Waals surface area contributed by atoms with Crippen molar-refractivity contribution in [2.24, 2.45) is 0 Å². The summed E-state index contributed by atoms with van der Waals surface area (Å²) in [6.07, 6.45) is 0. The fraction of sp³-hybridized carbons (Fsp3) is 0.0455. The average Bonchev–Trinajstić information content (AvgIpc) is 3.08. The maximum absolute atomic E-state index is 11.8. The molecule has 156 valence electrons. The van der Waals surface area contributed by atoms with Gasteiger partial charge in [-0.05, 0) is 40.8 Å². The average molecular weight is 428 g/mol. The maximum atomic E-state index is 11.8. The summed E-state index contributed by atoms with van der Waals surface area (Å²) in [6.45, 7) is 9.60. The van der Waals surface area contributed by atoms with Gasteiger partial charge in [0.2, 0.25) is 5.70 Å². The Morgan fingerprint density at radius 1 is 0.812 bits per heavy atom. The van der Waals surface area contributed by atoms with Crippen LogP contribution in [0, 0.1) is 43.8 Å². The zero-order chi connectivity index (χ0) is 23.2. The molecule has 0 heterocycles. The molecule has 1 aliphatic carbocycles. The third-order valence-corrected chi connectivity index (χ3v) is 5.28. The summed E-state index contributed by atoms with van der Waals surface area (Å²) in [5.41, 5.74) is 1.03. The first kappa shape index (κ1) is 20.4. The van der Waals surface area contributed by atoms with E-state index < -0.39 is 26.1 Å². The summed E-state index contributed by atoms with van der Waals surface area (Å²) in [6, 6.07) is 12.8. The monoisotopic (exact) mass is 428 g/mol. The van der Waals surface area contributed by atoms with Gasteiger partial charge in [0.1, 0.15) is 0 Å². The number of rotatable bonds is 4. The molecule has 0 radical (unpaired) electrons. The number of non-ortho nitro benzene ring substituents is 2. The molecule has 0 aromatic heterocycles. The van der Waals surface area contributed by atoms with Crippen molar-refractivity contribution in [1.29, 1.82) is 0 Å². The van der Waals surface area contributed by atoms with Crippen LogP contribution in [-0.2, 0) is 0 Å². The van der Waals surface area contributed by atoms with Crippen molar-refractivity contribution < 1.29 is 14.8 Å².